The number of thiophene rings is 1. The topological polar surface area (TPSA) is 68.3 Å². The maximum Gasteiger partial charge on any atom is 0.261 e. The van der Waals surface area contributed by atoms with Gasteiger partial charge in [-0.3, -0.25) is 4.79 Å². The van der Waals surface area contributed by atoms with Crippen LogP contribution >= 0.6 is 11.3 Å². The van der Waals surface area contributed by atoms with Gasteiger partial charge in [-0.2, -0.15) is 0 Å². The summed E-state index contributed by atoms with van der Waals surface area (Å²) in [5.74, 6) is 0.644. The minimum Gasteiger partial charge on any atom is -0.467 e. The van der Waals surface area contributed by atoms with Crippen LogP contribution in [-0.4, -0.2) is 5.91 Å². The van der Waals surface area contributed by atoms with Crippen molar-refractivity contribution in [1.82, 2.24) is 5.32 Å². The highest BCUT2D eigenvalue weighted by Gasteiger charge is 2.08. The highest BCUT2D eigenvalue weighted by atomic mass is 32.1. The Morgan fingerprint density at radius 1 is 1.44 bits per heavy atom. The van der Waals surface area contributed by atoms with Crippen molar-refractivity contribution in [3.8, 4) is 0 Å². The van der Waals surface area contributed by atoms with Gasteiger partial charge in [0.25, 0.3) is 5.91 Å². The molecule has 0 atom stereocenters. The Balaban J connectivity index is 1.93. The van der Waals surface area contributed by atoms with E-state index in [1.165, 1.54) is 11.3 Å². The number of rotatable bonds is 4. The number of carbonyl (C=O) groups excluding carboxylic acids is 1. The van der Waals surface area contributed by atoms with Gasteiger partial charge in [-0.05, 0) is 24.3 Å². The lowest BCUT2D eigenvalue weighted by Gasteiger charge is -2.00. The highest BCUT2D eigenvalue weighted by molar-refractivity contribution is 7.14. The minimum absolute atomic E-state index is 0.0962. The Bertz CT molecular complexity index is 462. The summed E-state index contributed by atoms with van der Waals surface area (Å²) in [5, 5.41) is 2.78. The van der Waals surface area contributed by atoms with E-state index in [0.717, 1.165) is 10.6 Å². The summed E-state index contributed by atoms with van der Waals surface area (Å²) in [5.41, 5.74) is 5.48. The second-order valence-corrected chi connectivity index (χ2v) is 4.40. The molecule has 0 saturated heterocycles. The van der Waals surface area contributed by atoms with Crippen molar-refractivity contribution in [2.24, 2.45) is 5.73 Å². The number of furan rings is 1. The first kappa shape index (κ1) is 10.9. The second kappa shape index (κ2) is 4.96. The normalized spacial score (nSPS) is 10.3. The quantitative estimate of drug-likeness (QED) is 0.849. The zero-order chi connectivity index (χ0) is 11.4. The fourth-order valence-electron chi connectivity index (χ4n) is 1.28. The smallest absolute Gasteiger partial charge is 0.261 e. The van der Waals surface area contributed by atoms with Gasteiger partial charge in [-0.25, -0.2) is 0 Å². The summed E-state index contributed by atoms with van der Waals surface area (Å²) in [4.78, 5) is 13.4. The van der Waals surface area contributed by atoms with Gasteiger partial charge < -0.3 is 15.5 Å². The first-order valence-electron chi connectivity index (χ1n) is 4.89. The van der Waals surface area contributed by atoms with Crippen LogP contribution < -0.4 is 11.1 Å². The van der Waals surface area contributed by atoms with Crippen LogP contribution in [0.15, 0.2) is 34.9 Å². The number of carbonyl (C=O) groups is 1. The Hall–Kier alpha value is -1.59. The van der Waals surface area contributed by atoms with E-state index in [-0.39, 0.29) is 5.91 Å². The summed E-state index contributed by atoms with van der Waals surface area (Å²) < 4.78 is 5.11. The van der Waals surface area contributed by atoms with Crippen molar-refractivity contribution >= 4 is 17.2 Å². The number of hydrogen-bond donors (Lipinski definition) is 2. The van der Waals surface area contributed by atoms with Crippen LogP contribution in [0.25, 0.3) is 0 Å². The fraction of sp³-hybridized carbons (Fsp3) is 0.182. The van der Waals surface area contributed by atoms with Gasteiger partial charge in [-0.1, -0.05) is 0 Å². The van der Waals surface area contributed by atoms with E-state index in [0.29, 0.717) is 18.0 Å². The molecule has 0 spiro atoms. The SMILES string of the molecule is NCc1ccc(C(=O)NCc2ccco2)s1. The van der Waals surface area contributed by atoms with Crippen molar-refractivity contribution < 1.29 is 9.21 Å². The molecule has 4 nitrogen and oxygen atoms in total. The molecule has 0 bridgehead atoms. The highest BCUT2D eigenvalue weighted by Crippen LogP contribution is 2.15. The van der Waals surface area contributed by atoms with Gasteiger partial charge in [0.15, 0.2) is 0 Å². The van der Waals surface area contributed by atoms with E-state index in [4.69, 9.17) is 10.2 Å². The van der Waals surface area contributed by atoms with Crippen molar-refractivity contribution in [1.29, 1.82) is 0 Å². The van der Waals surface area contributed by atoms with Gasteiger partial charge in [0.05, 0.1) is 17.7 Å². The van der Waals surface area contributed by atoms with Crippen LogP contribution in [0.4, 0.5) is 0 Å². The van der Waals surface area contributed by atoms with Crippen molar-refractivity contribution in [2.75, 3.05) is 0 Å². The van der Waals surface area contributed by atoms with Gasteiger partial charge >= 0.3 is 0 Å². The first-order chi connectivity index (χ1) is 7.79. The van der Waals surface area contributed by atoms with Crippen molar-refractivity contribution in [2.45, 2.75) is 13.1 Å². The van der Waals surface area contributed by atoms with Crippen LogP contribution in [0.1, 0.15) is 20.3 Å². The summed E-state index contributed by atoms with van der Waals surface area (Å²) in [6.45, 7) is 0.873. The predicted octanol–water partition coefficient (Wildman–Crippen LogP) is 1.73. The Morgan fingerprint density at radius 3 is 2.94 bits per heavy atom. The summed E-state index contributed by atoms with van der Waals surface area (Å²) in [7, 11) is 0. The van der Waals surface area contributed by atoms with Crippen LogP contribution in [0, 0.1) is 0 Å². The maximum absolute atomic E-state index is 11.7. The molecule has 5 heteroatoms. The molecule has 0 aliphatic carbocycles. The van der Waals surface area contributed by atoms with Gasteiger partial charge in [0.1, 0.15) is 5.76 Å². The molecule has 0 aromatic carbocycles. The molecular formula is C11H12N2O2S. The molecule has 2 rings (SSSR count). The van der Waals surface area contributed by atoms with Gasteiger partial charge in [0, 0.05) is 11.4 Å². The average Bonchev–Trinajstić information content (AvgIpc) is 2.96. The molecule has 16 heavy (non-hydrogen) atoms. The molecule has 2 heterocycles. The van der Waals surface area contributed by atoms with E-state index < -0.39 is 0 Å². The number of hydrogen-bond acceptors (Lipinski definition) is 4. The van der Waals surface area contributed by atoms with E-state index in [1.54, 1.807) is 18.4 Å². The standard InChI is InChI=1S/C11H12N2O2S/c12-6-9-3-4-10(16-9)11(14)13-7-8-2-1-5-15-8/h1-5H,6-7,12H2,(H,13,14). The van der Waals surface area contributed by atoms with Crippen LogP contribution in [0.5, 0.6) is 0 Å². The zero-order valence-electron chi connectivity index (χ0n) is 8.60. The monoisotopic (exact) mass is 236 g/mol. The second-order valence-electron chi connectivity index (χ2n) is 3.23. The number of nitrogens with two attached hydrogens (primary N) is 1. The molecule has 0 saturated carbocycles. The molecule has 0 radical (unpaired) electrons. The molecule has 84 valence electrons. The van der Waals surface area contributed by atoms with Crippen molar-refractivity contribution in [3.63, 3.8) is 0 Å². The third kappa shape index (κ3) is 2.50. The van der Waals surface area contributed by atoms with Crippen LogP contribution in [-0.2, 0) is 13.1 Å². The van der Waals surface area contributed by atoms with E-state index in [1.807, 2.05) is 12.1 Å². The fourth-order valence-corrected chi connectivity index (χ4v) is 2.08. The molecule has 1 amide bonds. The Kier molecular flexibility index (Phi) is 3.38. The van der Waals surface area contributed by atoms with E-state index in [9.17, 15) is 4.79 Å². The lowest BCUT2D eigenvalue weighted by atomic mass is 10.4. The Morgan fingerprint density at radius 2 is 2.31 bits per heavy atom. The molecule has 2 aromatic rings. The molecule has 0 unspecified atom stereocenters. The average molecular weight is 236 g/mol. The number of amides is 1. The molecular weight excluding hydrogens is 224 g/mol. The van der Waals surface area contributed by atoms with Crippen LogP contribution in [0.2, 0.25) is 0 Å². The zero-order valence-corrected chi connectivity index (χ0v) is 9.42. The summed E-state index contributed by atoms with van der Waals surface area (Å²) >= 11 is 1.41. The first-order valence-corrected chi connectivity index (χ1v) is 5.70. The summed E-state index contributed by atoms with van der Waals surface area (Å²) in [6, 6.07) is 7.26. The number of nitrogens with one attached hydrogen (secondary N) is 1. The van der Waals surface area contributed by atoms with Gasteiger partial charge in [0.2, 0.25) is 0 Å². The van der Waals surface area contributed by atoms with E-state index in [2.05, 4.69) is 5.32 Å². The molecule has 2 aromatic heterocycles. The lowest BCUT2D eigenvalue weighted by molar-refractivity contribution is 0.0952. The summed E-state index contributed by atoms with van der Waals surface area (Å²) in [6.07, 6.45) is 1.58. The third-order valence-corrected chi connectivity index (χ3v) is 3.20. The minimum atomic E-state index is -0.0962. The maximum atomic E-state index is 11.7. The molecule has 0 aliphatic rings. The van der Waals surface area contributed by atoms with Crippen LogP contribution in [0.3, 0.4) is 0 Å². The lowest BCUT2D eigenvalue weighted by Crippen LogP contribution is -2.21. The largest absolute Gasteiger partial charge is 0.467 e. The van der Waals surface area contributed by atoms with Crippen molar-refractivity contribution in [3.05, 3.63) is 46.0 Å². The predicted molar refractivity (Wildman–Crippen MR) is 62.1 cm³/mol. The van der Waals surface area contributed by atoms with Gasteiger partial charge in [-0.15, -0.1) is 11.3 Å². The molecule has 3 N–H and O–H groups in total. The third-order valence-electron chi connectivity index (χ3n) is 2.09. The molecule has 0 fully saturated rings. The Labute approximate surface area is 97.1 Å². The molecule has 0 aliphatic heterocycles. The van der Waals surface area contributed by atoms with E-state index >= 15 is 0 Å².